The number of hydrogen-bond acceptors (Lipinski definition) is 2. The molecule has 0 aliphatic carbocycles. The van der Waals surface area contributed by atoms with Crippen molar-refractivity contribution in [1.82, 2.24) is 10.2 Å². The maximum absolute atomic E-state index is 12.7. The summed E-state index contributed by atoms with van der Waals surface area (Å²) >= 11 is 0. The van der Waals surface area contributed by atoms with Crippen molar-refractivity contribution in [1.29, 1.82) is 0 Å². The largest absolute Gasteiger partial charge is 0.481 e. The van der Waals surface area contributed by atoms with Gasteiger partial charge in [0.25, 0.3) is 0 Å². The first-order valence-electron chi connectivity index (χ1n) is 6.06. The van der Waals surface area contributed by atoms with Gasteiger partial charge >= 0.3 is 12.0 Å². The summed E-state index contributed by atoms with van der Waals surface area (Å²) in [4.78, 5) is 23.6. The lowest BCUT2D eigenvalue weighted by molar-refractivity contribution is -0.146. The molecule has 0 aromatic heterocycles. The fourth-order valence-corrected chi connectivity index (χ4v) is 1.88. The van der Waals surface area contributed by atoms with Crippen LogP contribution in [0.5, 0.6) is 0 Å². The number of benzene rings is 1. The highest BCUT2D eigenvalue weighted by Gasteiger charge is 2.35. The third kappa shape index (κ3) is 3.43. The number of carboxylic acids is 1. The van der Waals surface area contributed by atoms with Crippen LogP contribution in [0.3, 0.4) is 0 Å². The molecule has 19 heavy (non-hydrogen) atoms. The SMILES string of the molecule is O=C(O)C1CN(C(=O)NCCc2ccc(F)cc2)C1. The molecule has 0 atom stereocenters. The molecule has 1 heterocycles. The summed E-state index contributed by atoms with van der Waals surface area (Å²) in [5.74, 6) is -1.59. The second-order valence-electron chi connectivity index (χ2n) is 4.55. The Labute approximate surface area is 110 Å². The molecule has 2 amide bonds. The molecule has 0 saturated carbocycles. The van der Waals surface area contributed by atoms with E-state index < -0.39 is 11.9 Å². The van der Waals surface area contributed by atoms with Crippen LogP contribution in [0, 0.1) is 11.7 Å². The number of likely N-dealkylation sites (tertiary alicyclic amines) is 1. The standard InChI is InChI=1S/C13H15FN2O3/c14-11-3-1-9(2-4-11)5-6-15-13(19)16-7-10(8-16)12(17)18/h1-4,10H,5-8H2,(H,15,19)(H,17,18). The lowest BCUT2D eigenvalue weighted by Crippen LogP contribution is -2.56. The third-order valence-corrected chi connectivity index (χ3v) is 3.12. The highest BCUT2D eigenvalue weighted by molar-refractivity contribution is 5.79. The van der Waals surface area contributed by atoms with Crippen LogP contribution in [0.2, 0.25) is 0 Å². The van der Waals surface area contributed by atoms with Crippen molar-refractivity contribution in [3.63, 3.8) is 0 Å². The fourth-order valence-electron chi connectivity index (χ4n) is 1.88. The number of nitrogens with one attached hydrogen (secondary N) is 1. The van der Waals surface area contributed by atoms with E-state index >= 15 is 0 Å². The van der Waals surface area contributed by atoms with Gasteiger partial charge in [0, 0.05) is 19.6 Å². The quantitative estimate of drug-likeness (QED) is 0.857. The first kappa shape index (κ1) is 13.3. The van der Waals surface area contributed by atoms with E-state index in [4.69, 9.17) is 5.11 Å². The summed E-state index contributed by atoms with van der Waals surface area (Å²) < 4.78 is 12.7. The zero-order chi connectivity index (χ0) is 13.8. The number of urea groups is 1. The van der Waals surface area contributed by atoms with Crippen molar-refractivity contribution in [3.8, 4) is 0 Å². The summed E-state index contributed by atoms with van der Waals surface area (Å²) in [5.41, 5.74) is 0.939. The highest BCUT2D eigenvalue weighted by atomic mass is 19.1. The second kappa shape index (κ2) is 5.69. The van der Waals surface area contributed by atoms with Crippen LogP contribution in [0.15, 0.2) is 24.3 Å². The van der Waals surface area contributed by atoms with Gasteiger partial charge in [0.15, 0.2) is 0 Å². The van der Waals surface area contributed by atoms with Gasteiger partial charge in [-0.05, 0) is 24.1 Å². The summed E-state index contributed by atoms with van der Waals surface area (Å²) in [6.07, 6.45) is 0.613. The predicted molar refractivity (Wildman–Crippen MR) is 66.2 cm³/mol. The van der Waals surface area contributed by atoms with E-state index in [1.165, 1.54) is 17.0 Å². The molecule has 1 aliphatic heterocycles. The van der Waals surface area contributed by atoms with Crippen LogP contribution >= 0.6 is 0 Å². The Morgan fingerprint density at radius 2 is 1.95 bits per heavy atom. The van der Waals surface area contributed by atoms with Gasteiger partial charge in [-0.3, -0.25) is 4.79 Å². The van der Waals surface area contributed by atoms with Crippen molar-refractivity contribution in [2.75, 3.05) is 19.6 Å². The summed E-state index contributed by atoms with van der Waals surface area (Å²) in [5, 5.41) is 11.4. The molecule has 6 heteroatoms. The van der Waals surface area contributed by atoms with E-state index in [0.29, 0.717) is 13.0 Å². The number of carbonyl (C=O) groups excluding carboxylic acids is 1. The molecule has 1 aromatic carbocycles. The van der Waals surface area contributed by atoms with Crippen LogP contribution in [0.4, 0.5) is 9.18 Å². The molecule has 1 aromatic rings. The van der Waals surface area contributed by atoms with E-state index in [2.05, 4.69) is 5.32 Å². The minimum atomic E-state index is -0.865. The van der Waals surface area contributed by atoms with Crippen LogP contribution < -0.4 is 5.32 Å². The Morgan fingerprint density at radius 3 is 2.53 bits per heavy atom. The second-order valence-corrected chi connectivity index (χ2v) is 4.55. The van der Waals surface area contributed by atoms with Gasteiger partial charge in [-0.25, -0.2) is 9.18 Å². The van der Waals surface area contributed by atoms with E-state index in [-0.39, 0.29) is 24.9 Å². The van der Waals surface area contributed by atoms with E-state index in [9.17, 15) is 14.0 Å². The predicted octanol–water partition coefficient (Wildman–Crippen LogP) is 1.09. The van der Waals surface area contributed by atoms with Gasteiger partial charge in [-0.1, -0.05) is 12.1 Å². The number of carbonyl (C=O) groups is 2. The minimum Gasteiger partial charge on any atom is -0.481 e. The monoisotopic (exact) mass is 266 g/mol. The molecular weight excluding hydrogens is 251 g/mol. The molecule has 0 spiro atoms. The van der Waals surface area contributed by atoms with Gasteiger partial charge in [0.1, 0.15) is 5.82 Å². The molecule has 0 radical (unpaired) electrons. The summed E-state index contributed by atoms with van der Waals surface area (Å²) in [6.45, 7) is 0.966. The highest BCUT2D eigenvalue weighted by Crippen LogP contribution is 2.15. The Balaban J connectivity index is 1.68. The maximum atomic E-state index is 12.7. The topological polar surface area (TPSA) is 69.6 Å². The van der Waals surface area contributed by atoms with Gasteiger partial charge in [-0.15, -0.1) is 0 Å². The summed E-state index contributed by atoms with van der Waals surface area (Å²) in [6, 6.07) is 5.85. The Kier molecular flexibility index (Phi) is 3.99. The van der Waals surface area contributed by atoms with Gasteiger partial charge in [0.2, 0.25) is 0 Å². The molecule has 5 nitrogen and oxygen atoms in total. The van der Waals surface area contributed by atoms with Gasteiger partial charge < -0.3 is 15.3 Å². The molecule has 2 N–H and O–H groups in total. The van der Waals surface area contributed by atoms with Crippen molar-refractivity contribution in [2.45, 2.75) is 6.42 Å². The first-order valence-corrected chi connectivity index (χ1v) is 6.06. The van der Waals surface area contributed by atoms with Crippen LogP contribution in [0.25, 0.3) is 0 Å². The van der Waals surface area contributed by atoms with E-state index in [0.717, 1.165) is 5.56 Å². The zero-order valence-corrected chi connectivity index (χ0v) is 10.3. The van der Waals surface area contributed by atoms with Gasteiger partial charge in [-0.2, -0.15) is 0 Å². The van der Waals surface area contributed by atoms with Crippen LogP contribution in [-0.4, -0.2) is 41.6 Å². The van der Waals surface area contributed by atoms with Crippen LogP contribution in [-0.2, 0) is 11.2 Å². The lowest BCUT2D eigenvalue weighted by Gasteiger charge is -2.36. The fraction of sp³-hybridized carbons (Fsp3) is 0.385. The zero-order valence-electron chi connectivity index (χ0n) is 10.3. The van der Waals surface area contributed by atoms with Crippen molar-refractivity contribution >= 4 is 12.0 Å². The number of nitrogens with zero attached hydrogens (tertiary/aromatic N) is 1. The van der Waals surface area contributed by atoms with Crippen molar-refractivity contribution in [2.24, 2.45) is 5.92 Å². The Hall–Kier alpha value is -2.11. The average Bonchev–Trinajstić information content (AvgIpc) is 2.29. The molecule has 1 saturated heterocycles. The van der Waals surface area contributed by atoms with E-state index in [1.54, 1.807) is 12.1 Å². The van der Waals surface area contributed by atoms with Crippen molar-refractivity contribution < 1.29 is 19.1 Å². The number of carboxylic acid groups (broad SMARTS) is 1. The van der Waals surface area contributed by atoms with Crippen molar-refractivity contribution in [3.05, 3.63) is 35.6 Å². The smallest absolute Gasteiger partial charge is 0.317 e. The number of halogens is 1. The number of amides is 2. The molecule has 2 rings (SSSR count). The Bertz CT molecular complexity index is 469. The number of aliphatic carboxylic acids is 1. The third-order valence-electron chi connectivity index (χ3n) is 3.12. The minimum absolute atomic E-state index is 0.250. The molecule has 102 valence electrons. The van der Waals surface area contributed by atoms with Crippen LogP contribution in [0.1, 0.15) is 5.56 Å². The molecule has 0 unspecified atom stereocenters. The number of rotatable bonds is 4. The molecule has 1 aliphatic rings. The Morgan fingerprint density at radius 1 is 1.32 bits per heavy atom. The maximum Gasteiger partial charge on any atom is 0.317 e. The normalized spacial score (nSPS) is 14.9. The summed E-state index contributed by atoms with van der Waals surface area (Å²) in [7, 11) is 0. The van der Waals surface area contributed by atoms with Gasteiger partial charge in [0.05, 0.1) is 5.92 Å². The average molecular weight is 266 g/mol. The van der Waals surface area contributed by atoms with E-state index in [1.807, 2.05) is 0 Å². The lowest BCUT2D eigenvalue weighted by atomic mass is 10.0. The molecular formula is C13H15FN2O3. The molecule has 0 bridgehead atoms. The molecule has 1 fully saturated rings. The first-order chi connectivity index (χ1) is 9.06. The number of hydrogen-bond donors (Lipinski definition) is 2.